The molecule has 1 amide bonds. The highest BCUT2D eigenvalue weighted by Gasteiger charge is 2.28. The molecule has 1 N–H and O–H groups in total. The van der Waals surface area contributed by atoms with Gasteiger partial charge >= 0.3 is 5.97 Å². The zero-order valence-corrected chi connectivity index (χ0v) is 10.1. The molecule has 0 unspecified atom stereocenters. The number of likely N-dealkylation sites (tertiary alicyclic amines) is 1. The number of aliphatic carboxylic acids is 1. The molecule has 0 spiro atoms. The monoisotopic (exact) mass is 227 g/mol. The molecule has 0 radical (unpaired) electrons. The van der Waals surface area contributed by atoms with Crippen molar-refractivity contribution in [2.24, 2.45) is 11.8 Å². The topological polar surface area (TPSA) is 57.6 Å². The second-order valence-corrected chi connectivity index (χ2v) is 4.73. The third-order valence-corrected chi connectivity index (χ3v) is 3.34. The van der Waals surface area contributed by atoms with Crippen LogP contribution in [0.1, 0.15) is 39.5 Å². The van der Waals surface area contributed by atoms with Crippen LogP contribution in [0.2, 0.25) is 0 Å². The minimum Gasteiger partial charge on any atom is -0.481 e. The number of hydrogen-bond acceptors (Lipinski definition) is 2. The van der Waals surface area contributed by atoms with Crippen LogP contribution in [0, 0.1) is 11.8 Å². The van der Waals surface area contributed by atoms with E-state index in [1.807, 2.05) is 0 Å². The van der Waals surface area contributed by atoms with Crippen molar-refractivity contribution in [1.29, 1.82) is 0 Å². The number of piperidine rings is 1. The molecule has 0 aromatic carbocycles. The second-order valence-electron chi connectivity index (χ2n) is 4.73. The minimum absolute atomic E-state index is 0.111. The maximum absolute atomic E-state index is 11.9. The molecule has 0 saturated carbocycles. The van der Waals surface area contributed by atoms with Crippen LogP contribution in [0.25, 0.3) is 0 Å². The molecule has 16 heavy (non-hydrogen) atoms. The van der Waals surface area contributed by atoms with Gasteiger partial charge in [-0.3, -0.25) is 9.59 Å². The van der Waals surface area contributed by atoms with Crippen molar-refractivity contribution in [1.82, 2.24) is 4.90 Å². The molecule has 92 valence electrons. The van der Waals surface area contributed by atoms with Crippen molar-refractivity contribution >= 4 is 11.9 Å². The van der Waals surface area contributed by atoms with Crippen LogP contribution in [0.15, 0.2) is 0 Å². The summed E-state index contributed by atoms with van der Waals surface area (Å²) < 4.78 is 0. The number of carbonyl (C=O) groups is 2. The molecule has 0 aliphatic carbocycles. The minimum atomic E-state index is -0.777. The summed E-state index contributed by atoms with van der Waals surface area (Å²) in [6, 6.07) is 0. The molecule has 1 saturated heterocycles. The molecule has 4 nitrogen and oxygen atoms in total. The van der Waals surface area contributed by atoms with Gasteiger partial charge in [0.1, 0.15) is 0 Å². The first kappa shape index (κ1) is 13.0. The van der Waals surface area contributed by atoms with E-state index in [0.717, 1.165) is 19.4 Å². The highest BCUT2D eigenvalue weighted by Crippen LogP contribution is 2.19. The number of nitrogens with zero attached hydrogens (tertiary/aromatic N) is 1. The molecular formula is C12H21NO3. The fourth-order valence-electron chi connectivity index (χ4n) is 1.98. The predicted octanol–water partition coefficient (Wildman–Crippen LogP) is 1.75. The van der Waals surface area contributed by atoms with Gasteiger partial charge in [0.25, 0.3) is 0 Å². The molecule has 1 aliphatic rings. The Bertz CT molecular complexity index is 265. The van der Waals surface area contributed by atoms with Crippen LogP contribution in [0.5, 0.6) is 0 Å². The molecule has 0 aromatic rings. The van der Waals surface area contributed by atoms with Gasteiger partial charge in [0.05, 0.1) is 5.92 Å². The number of hydrogen-bond donors (Lipinski definition) is 1. The lowest BCUT2D eigenvalue weighted by atomic mass is 9.97. The Hall–Kier alpha value is -1.06. The number of carboxylic acids is 1. The molecule has 0 aromatic heterocycles. The van der Waals surface area contributed by atoms with Crippen molar-refractivity contribution in [3.05, 3.63) is 0 Å². The first-order valence-electron chi connectivity index (χ1n) is 6.05. The maximum Gasteiger partial charge on any atom is 0.308 e. The van der Waals surface area contributed by atoms with Crippen molar-refractivity contribution < 1.29 is 14.7 Å². The van der Waals surface area contributed by atoms with Crippen LogP contribution in [-0.4, -0.2) is 35.0 Å². The lowest BCUT2D eigenvalue weighted by Gasteiger charge is -2.31. The molecular weight excluding hydrogens is 206 g/mol. The highest BCUT2D eigenvalue weighted by atomic mass is 16.4. The summed E-state index contributed by atoms with van der Waals surface area (Å²) in [5.74, 6) is -0.645. The van der Waals surface area contributed by atoms with E-state index in [1.165, 1.54) is 0 Å². The van der Waals surface area contributed by atoms with E-state index < -0.39 is 5.97 Å². The summed E-state index contributed by atoms with van der Waals surface area (Å²) in [4.78, 5) is 24.4. The van der Waals surface area contributed by atoms with Gasteiger partial charge in [-0.1, -0.05) is 20.3 Å². The Morgan fingerprint density at radius 2 is 2.19 bits per heavy atom. The lowest BCUT2D eigenvalue weighted by molar-refractivity contribution is -0.145. The molecule has 4 heteroatoms. The summed E-state index contributed by atoms with van der Waals surface area (Å²) in [7, 11) is 0. The van der Waals surface area contributed by atoms with E-state index in [9.17, 15) is 9.59 Å². The first-order valence-corrected chi connectivity index (χ1v) is 6.05. The Labute approximate surface area is 96.6 Å². The van der Waals surface area contributed by atoms with Gasteiger partial charge in [0.15, 0.2) is 0 Å². The van der Waals surface area contributed by atoms with E-state index in [0.29, 0.717) is 25.3 Å². The number of amides is 1. The molecule has 1 aliphatic heterocycles. The van der Waals surface area contributed by atoms with Crippen LogP contribution < -0.4 is 0 Å². The van der Waals surface area contributed by atoms with E-state index in [-0.39, 0.29) is 11.8 Å². The Balaban J connectivity index is 2.47. The summed E-state index contributed by atoms with van der Waals surface area (Å²) in [6.07, 6.45) is 3.04. The lowest BCUT2D eigenvalue weighted by Crippen LogP contribution is -2.42. The third kappa shape index (κ3) is 3.51. The predicted molar refractivity (Wildman–Crippen MR) is 61.0 cm³/mol. The van der Waals surface area contributed by atoms with Crippen LogP contribution in [0.3, 0.4) is 0 Å². The van der Waals surface area contributed by atoms with E-state index in [4.69, 9.17) is 5.11 Å². The van der Waals surface area contributed by atoms with Gasteiger partial charge < -0.3 is 10.0 Å². The van der Waals surface area contributed by atoms with Gasteiger partial charge in [-0.15, -0.1) is 0 Å². The third-order valence-electron chi connectivity index (χ3n) is 3.34. The summed E-state index contributed by atoms with van der Waals surface area (Å²) in [5.41, 5.74) is 0. The molecule has 1 rings (SSSR count). The zero-order chi connectivity index (χ0) is 12.1. The average molecular weight is 227 g/mol. The SMILES string of the molecule is CC[C@@H](C)CC(=O)N1CCC[C@H](C(=O)O)C1. The number of carbonyl (C=O) groups excluding carboxylic acids is 1. The second kappa shape index (κ2) is 5.87. The summed E-state index contributed by atoms with van der Waals surface area (Å²) >= 11 is 0. The normalized spacial score (nSPS) is 22.9. The fourth-order valence-corrected chi connectivity index (χ4v) is 1.98. The van der Waals surface area contributed by atoms with E-state index >= 15 is 0 Å². The fraction of sp³-hybridized carbons (Fsp3) is 0.833. The smallest absolute Gasteiger partial charge is 0.308 e. The van der Waals surface area contributed by atoms with Crippen LogP contribution >= 0.6 is 0 Å². The summed E-state index contributed by atoms with van der Waals surface area (Å²) in [5, 5.41) is 8.93. The molecule has 1 fully saturated rings. The van der Waals surface area contributed by atoms with Gasteiger partial charge in [-0.2, -0.15) is 0 Å². The standard InChI is InChI=1S/C12H21NO3/c1-3-9(2)7-11(14)13-6-4-5-10(8-13)12(15)16/h9-10H,3-8H2,1-2H3,(H,15,16)/t9-,10+/m1/s1. The van der Waals surface area contributed by atoms with E-state index in [1.54, 1.807) is 4.90 Å². The Morgan fingerprint density at radius 1 is 1.50 bits per heavy atom. The van der Waals surface area contributed by atoms with Crippen LogP contribution in [-0.2, 0) is 9.59 Å². The number of carboxylic acid groups (broad SMARTS) is 1. The van der Waals surface area contributed by atoms with Crippen molar-refractivity contribution in [3.63, 3.8) is 0 Å². The van der Waals surface area contributed by atoms with Gasteiger partial charge in [-0.05, 0) is 18.8 Å². The Kier molecular flexibility index (Phi) is 4.77. The van der Waals surface area contributed by atoms with Gasteiger partial charge in [0.2, 0.25) is 5.91 Å². The van der Waals surface area contributed by atoms with Crippen molar-refractivity contribution in [2.45, 2.75) is 39.5 Å². The van der Waals surface area contributed by atoms with Crippen molar-refractivity contribution in [2.75, 3.05) is 13.1 Å². The largest absolute Gasteiger partial charge is 0.481 e. The average Bonchev–Trinajstić information content (AvgIpc) is 2.28. The first-order chi connectivity index (χ1) is 7.54. The Morgan fingerprint density at radius 3 is 2.75 bits per heavy atom. The maximum atomic E-state index is 11.9. The van der Waals surface area contributed by atoms with Crippen LogP contribution in [0.4, 0.5) is 0 Å². The summed E-state index contributed by atoms with van der Waals surface area (Å²) in [6.45, 7) is 5.23. The molecule has 1 heterocycles. The molecule has 2 atom stereocenters. The van der Waals surface area contributed by atoms with Crippen molar-refractivity contribution in [3.8, 4) is 0 Å². The quantitative estimate of drug-likeness (QED) is 0.796. The van der Waals surface area contributed by atoms with Gasteiger partial charge in [0, 0.05) is 19.5 Å². The highest BCUT2D eigenvalue weighted by molar-refractivity contribution is 5.78. The van der Waals surface area contributed by atoms with Gasteiger partial charge in [-0.25, -0.2) is 0 Å². The number of rotatable bonds is 4. The zero-order valence-electron chi connectivity index (χ0n) is 10.1. The molecule has 0 bridgehead atoms. The van der Waals surface area contributed by atoms with E-state index in [2.05, 4.69) is 13.8 Å².